The minimum absolute atomic E-state index is 0.418. The zero-order chi connectivity index (χ0) is 9.10. The lowest BCUT2D eigenvalue weighted by Gasteiger charge is -2.19. The zero-order valence-electron chi connectivity index (χ0n) is 7.36. The van der Waals surface area contributed by atoms with Gasteiger partial charge >= 0.3 is 0 Å². The Balaban J connectivity index is 2.09. The van der Waals surface area contributed by atoms with Crippen LogP contribution in [0.2, 0.25) is 0 Å². The number of carbonyl (C=O) groups excluding carboxylic acids is 1. The third-order valence-corrected chi connectivity index (χ3v) is 2.39. The van der Waals surface area contributed by atoms with Gasteiger partial charge in [-0.25, -0.2) is 0 Å². The monoisotopic (exact) mass is 180 g/mol. The van der Waals surface area contributed by atoms with E-state index in [1.165, 1.54) is 0 Å². The Morgan fingerprint density at radius 1 is 1.31 bits per heavy atom. The summed E-state index contributed by atoms with van der Waals surface area (Å²) in [5.74, 6) is 1.77. The van der Waals surface area contributed by atoms with Crippen molar-refractivity contribution in [3.05, 3.63) is 23.7 Å². The Morgan fingerprint density at radius 2 is 2.08 bits per heavy atom. The lowest BCUT2D eigenvalue weighted by atomic mass is 9.98. The lowest BCUT2D eigenvalue weighted by Crippen LogP contribution is -2.13. The van der Waals surface area contributed by atoms with Crippen molar-refractivity contribution >= 4 is 6.29 Å². The van der Waals surface area contributed by atoms with Crippen LogP contribution in [0.25, 0.3) is 0 Å². The summed E-state index contributed by atoms with van der Waals surface area (Å²) in [6.45, 7) is 1.59. The quantitative estimate of drug-likeness (QED) is 0.653. The van der Waals surface area contributed by atoms with Crippen LogP contribution in [-0.2, 0) is 4.74 Å². The highest BCUT2D eigenvalue weighted by atomic mass is 16.5. The molecule has 0 aromatic carbocycles. The SMILES string of the molecule is O=Cc1ccc(C2CCOCC2)o1. The van der Waals surface area contributed by atoms with Gasteiger partial charge in [-0.2, -0.15) is 0 Å². The second-order valence-corrected chi connectivity index (χ2v) is 3.24. The van der Waals surface area contributed by atoms with Crippen LogP contribution in [0.1, 0.15) is 35.1 Å². The van der Waals surface area contributed by atoms with E-state index in [0.29, 0.717) is 11.7 Å². The van der Waals surface area contributed by atoms with Gasteiger partial charge in [-0.05, 0) is 25.0 Å². The van der Waals surface area contributed by atoms with Gasteiger partial charge in [0.2, 0.25) is 0 Å². The topological polar surface area (TPSA) is 39.4 Å². The van der Waals surface area contributed by atoms with Gasteiger partial charge in [-0.1, -0.05) is 0 Å². The molecule has 0 saturated carbocycles. The summed E-state index contributed by atoms with van der Waals surface area (Å²) in [6, 6.07) is 3.61. The van der Waals surface area contributed by atoms with E-state index in [9.17, 15) is 4.79 Å². The second kappa shape index (κ2) is 3.75. The van der Waals surface area contributed by atoms with Crippen LogP contribution < -0.4 is 0 Å². The van der Waals surface area contributed by atoms with Crippen LogP contribution in [0.4, 0.5) is 0 Å². The first-order chi connectivity index (χ1) is 6.40. The summed E-state index contributed by atoms with van der Waals surface area (Å²) in [4.78, 5) is 10.4. The highest BCUT2D eigenvalue weighted by Crippen LogP contribution is 2.27. The summed E-state index contributed by atoms with van der Waals surface area (Å²) in [5, 5.41) is 0. The van der Waals surface area contributed by atoms with Crippen molar-refractivity contribution in [1.82, 2.24) is 0 Å². The van der Waals surface area contributed by atoms with E-state index >= 15 is 0 Å². The van der Waals surface area contributed by atoms with E-state index < -0.39 is 0 Å². The van der Waals surface area contributed by atoms with Crippen LogP contribution in [-0.4, -0.2) is 19.5 Å². The van der Waals surface area contributed by atoms with E-state index in [0.717, 1.165) is 38.1 Å². The lowest BCUT2D eigenvalue weighted by molar-refractivity contribution is 0.0802. The highest BCUT2D eigenvalue weighted by Gasteiger charge is 2.18. The summed E-state index contributed by atoms with van der Waals surface area (Å²) < 4.78 is 10.6. The molecule has 0 spiro atoms. The number of carbonyl (C=O) groups is 1. The summed E-state index contributed by atoms with van der Waals surface area (Å²) in [6.07, 6.45) is 2.72. The van der Waals surface area contributed by atoms with Crippen molar-refractivity contribution < 1.29 is 13.9 Å². The fraction of sp³-hybridized carbons (Fsp3) is 0.500. The first kappa shape index (κ1) is 8.51. The van der Waals surface area contributed by atoms with Crippen molar-refractivity contribution in [2.75, 3.05) is 13.2 Å². The molecule has 3 nitrogen and oxygen atoms in total. The number of rotatable bonds is 2. The molecule has 2 heterocycles. The van der Waals surface area contributed by atoms with Gasteiger partial charge in [0.15, 0.2) is 12.0 Å². The van der Waals surface area contributed by atoms with E-state index in [1.54, 1.807) is 6.07 Å². The van der Waals surface area contributed by atoms with E-state index in [2.05, 4.69) is 0 Å². The maximum absolute atomic E-state index is 10.4. The molecule has 1 aliphatic heterocycles. The Labute approximate surface area is 76.7 Å². The molecule has 0 bridgehead atoms. The Bertz CT molecular complexity index is 284. The molecule has 0 unspecified atom stereocenters. The maximum Gasteiger partial charge on any atom is 0.185 e. The van der Waals surface area contributed by atoms with Crippen molar-refractivity contribution in [3.63, 3.8) is 0 Å². The predicted octanol–water partition coefficient (Wildman–Crippen LogP) is 1.99. The minimum atomic E-state index is 0.418. The van der Waals surface area contributed by atoms with Gasteiger partial charge < -0.3 is 9.15 Å². The molecule has 2 rings (SSSR count). The number of furan rings is 1. The average Bonchev–Trinajstić information content (AvgIpc) is 2.67. The number of aldehydes is 1. The molecule has 1 fully saturated rings. The maximum atomic E-state index is 10.4. The fourth-order valence-electron chi connectivity index (χ4n) is 1.63. The molecule has 0 aliphatic carbocycles. The largest absolute Gasteiger partial charge is 0.458 e. The second-order valence-electron chi connectivity index (χ2n) is 3.24. The molecule has 3 heteroatoms. The third-order valence-electron chi connectivity index (χ3n) is 2.39. The van der Waals surface area contributed by atoms with Crippen LogP contribution >= 0.6 is 0 Å². The Morgan fingerprint density at radius 3 is 2.69 bits per heavy atom. The molecule has 13 heavy (non-hydrogen) atoms. The third kappa shape index (κ3) is 1.80. The first-order valence-corrected chi connectivity index (χ1v) is 4.53. The summed E-state index contributed by atoms with van der Waals surface area (Å²) in [5.41, 5.74) is 0. The molecule has 1 aromatic heterocycles. The fourth-order valence-corrected chi connectivity index (χ4v) is 1.63. The van der Waals surface area contributed by atoms with Crippen molar-refractivity contribution in [2.24, 2.45) is 0 Å². The smallest absolute Gasteiger partial charge is 0.185 e. The van der Waals surface area contributed by atoms with Crippen LogP contribution in [0.5, 0.6) is 0 Å². The highest BCUT2D eigenvalue weighted by molar-refractivity contribution is 5.70. The van der Waals surface area contributed by atoms with Crippen LogP contribution in [0.3, 0.4) is 0 Å². The summed E-state index contributed by atoms with van der Waals surface area (Å²) >= 11 is 0. The molecule has 1 saturated heterocycles. The van der Waals surface area contributed by atoms with E-state index in [-0.39, 0.29) is 0 Å². The van der Waals surface area contributed by atoms with Crippen LogP contribution in [0.15, 0.2) is 16.5 Å². The van der Waals surface area contributed by atoms with Gasteiger partial charge in [0.05, 0.1) is 0 Å². The molecule has 70 valence electrons. The average molecular weight is 180 g/mol. The van der Waals surface area contributed by atoms with E-state index in [1.807, 2.05) is 6.07 Å². The molecule has 0 amide bonds. The molecule has 1 aromatic rings. The number of hydrogen-bond donors (Lipinski definition) is 0. The van der Waals surface area contributed by atoms with Gasteiger partial charge in [0.1, 0.15) is 5.76 Å². The molecular formula is C10H12O3. The van der Waals surface area contributed by atoms with Crippen molar-refractivity contribution in [1.29, 1.82) is 0 Å². The normalized spacial score (nSPS) is 18.8. The number of ether oxygens (including phenoxy) is 1. The van der Waals surface area contributed by atoms with Gasteiger partial charge in [-0.15, -0.1) is 0 Å². The molecular weight excluding hydrogens is 168 g/mol. The zero-order valence-corrected chi connectivity index (χ0v) is 7.36. The number of hydrogen-bond acceptors (Lipinski definition) is 3. The molecule has 1 aliphatic rings. The molecule has 0 N–H and O–H groups in total. The predicted molar refractivity (Wildman–Crippen MR) is 46.9 cm³/mol. The minimum Gasteiger partial charge on any atom is -0.458 e. The Kier molecular flexibility index (Phi) is 2.45. The molecule has 0 radical (unpaired) electrons. The standard InChI is InChI=1S/C10H12O3/c11-7-9-1-2-10(13-9)8-3-5-12-6-4-8/h1-2,7-8H,3-6H2. The van der Waals surface area contributed by atoms with Crippen LogP contribution in [0, 0.1) is 0 Å². The summed E-state index contributed by atoms with van der Waals surface area (Å²) in [7, 11) is 0. The van der Waals surface area contributed by atoms with E-state index in [4.69, 9.17) is 9.15 Å². The van der Waals surface area contributed by atoms with Crippen molar-refractivity contribution in [2.45, 2.75) is 18.8 Å². The first-order valence-electron chi connectivity index (χ1n) is 4.53. The Hall–Kier alpha value is -1.09. The van der Waals surface area contributed by atoms with Gasteiger partial charge in [0.25, 0.3) is 0 Å². The van der Waals surface area contributed by atoms with Gasteiger partial charge in [-0.3, -0.25) is 4.79 Å². The molecule has 0 atom stereocenters. The van der Waals surface area contributed by atoms with Gasteiger partial charge in [0, 0.05) is 19.1 Å². The van der Waals surface area contributed by atoms with Crippen molar-refractivity contribution in [3.8, 4) is 0 Å².